The van der Waals surface area contributed by atoms with Gasteiger partial charge in [-0.25, -0.2) is 9.97 Å². The van der Waals surface area contributed by atoms with Gasteiger partial charge >= 0.3 is 0 Å². The van der Waals surface area contributed by atoms with E-state index in [1.54, 1.807) is 13.3 Å². The minimum absolute atomic E-state index is 0.679. The minimum Gasteiger partial charge on any atom is -0.497 e. The molecule has 2 aromatic heterocycles. The van der Waals surface area contributed by atoms with Crippen molar-refractivity contribution in [2.75, 3.05) is 25.7 Å². The van der Waals surface area contributed by atoms with Crippen molar-refractivity contribution < 1.29 is 9.47 Å². The second-order valence-electron chi connectivity index (χ2n) is 6.22. The lowest BCUT2D eigenvalue weighted by Gasteiger charge is -2.12. The molecule has 0 amide bonds. The van der Waals surface area contributed by atoms with Gasteiger partial charge in [-0.2, -0.15) is 11.8 Å². The molecule has 0 fully saturated rings. The quantitative estimate of drug-likeness (QED) is 0.462. The third kappa shape index (κ3) is 3.71. The Morgan fingerprint density at radius 2 is 2.07 bits per heavy atom. The van der Waals surface area contributed by atoms with Crippen LogP contribution >= 0.6 is 11.8 Å². The summed E-state index contributed by atoms with van der Waals surface area (Å²) in [5, 5.41) is 2.12. The molecule has 2 heterocycles. The van der Waals surface area contributed by atoms with Crippen molar-refractivity contribution >= 4 is 33.7 Å². The Hall–Kier alpha value is -2.73. The number of thioether (sulfide) groups is 1. The molecular weight excluding hydrogens is 358 g/mol. The predicted octanol–water partition coefficient (Wildman–Crippen LogP) is 4.92. The number of H-pyrrole nitrogens is 1. The molecular formula is C21H21N3O2S. The number of aromatic nitrogens is 3. The normalized spacial score (nSPS) is 11.2. The molecule has 6 heteroatoms. The Labute approximate surface area is 162 Å². The first-order valence-corrected chi connectivity index (χ1v) is 10.2. The van der Waals surface area contributed by atoms with Gasteiger partial charge in [0.25, 0.3) is 0 Å². The molecule has 0 bridgehead atoms. The van der Waals surface area contributed by atoms with Crippen LogP contribution in [0.4, 0.5) is 0 Å². The minimum atomic E-state index is 0.679. The Balaban J connectivity index is 1.78. The largest absolute Gasteiger partial charge is 0.497 e. The summed E-state index contributed by atoms with van der Waals surface area (Å²) in [7, 11) is 1.68. The number of rotatable bonds is 7. The summed E-state index contributed by atoms with van der Waals surface area (Å²) in [5.41, 5.74) is 2.61. The van der Waals surface area contributed by atoms with Crippen molar-refractivity contribution in [2.24, 2.45) is 0 Å². The van der Waals surface area contributed by atoms with Crippen molar-refractivity contribution in [2.45, 2.75) is 6.42 Å². The number of methoxy groups -OCH3 is 1. The molecule has 0 spiro atoms. The van der Waals surface area contributed by atoms with Gasteiger partial charge in [-0.05, 0) is 60.2 Å². The highest BCUT2D eigenvalue weighted by Gasteiger charge is 2.12. The molecule has 0 saturated carbocycles. The van der Waals surface area contributed by atoms with E-state index in [1.165, 1.54) is 0 Å². The van der Waals surface area contributed by atoms with Crippen molar-refractivity contribution in [3.05, 3.63) is 48.7 Å². The van der Waals surface area contributed by atoms with Gasteiger partial charge < -0.3 is 14.5 Å². The lowest BCUT2D eigenvalue weighted by atomic mass is 10.0. The number of nitrogens with one attached hydrogen (secondary N) is 1. The molecule has 4 aromatic rings. The molecule has 0 aliphatic rings. The molecule has 0 saturated heterocycles. The monoisotopic (exact) mass is 379 g/mol. The third-order valence-electron chi connectivity index (χ3n) is 4.40. The van der Waals surface area contributed by atoms with Gasteiger partial charge in [0.2, 0.25) is 0 Å². The van der Waals surface area contributed by atoms with Crippen molar-refractivity contribution in [3.8, 4) is 22.9 Å². The molecule has 27 heavy (non-hydrogen) atoms. The number of ether oxygens (including phenoxy) is 2. The van der Waals surface area contributed by atoms with Crippen LogP contribution in [0.15, 0.2) is 48.7 Å². The Morgan fingerprint density at radius 3 is 2.89 bits per heavy atom. The maximum absolute atomic E-state index is 6.13. The van der Waals surface area contributed by atoms with E-state index in [0.717, 1.165) is 51.3 Å². The molecule has 138 valence electrons. The molecule has 0 atom stereocenters. The Kier molecular flexibility index (Phi) is 5.16. The van der Waals surface area contributed by atoms with Gasteiger partial charge in [-0.3, -0.25) is 0 Å². The molecule has 0 radical (unpaired) electrons. The van der Waals surface area contributed by atoms with Crippen molar-refractivity contribution in [1.29, 1.82) is 0 Å². The zero-order valence-corrected chi connectivity index (χ0v) is 16.2. The lowest BCUT2D eigenvalue weighted by molar-refractivity contribution is 0.322. The van der Waals surface area contributed by atoms with Crippen LogP contribution in [-0.4, -0.2) is 40.7 Å². The second kappa shape index (κ2) is 7.88. The summed E-state index contributed by atoms with van der Waals surface area (Å²) in [6.07, 6.45) is 4.86. The van der Waals surface area contributed by atoms with E-state index in [4.69, 9.17) is 9.47 Å². The van der Waals surface area contributed by atoms with E-state index >= 15 is 0 Å². The molecule has 5 nitrogen and oxygen atoms in total. The highest BCUT2D eigenvalue weighted by Crippen LogP contribution is 2.34. The van der Waals surface area contributed by atoms with Gasteiger partial charge in [0.1, 0.15) is 17.3 Å². The Morgan fingerprint density at radius 1 is 1.15 bits per heavy atom. The number of hydrogen-bond donors (Lipinski definition) is 1. The van der Waals surface area contributed by atoms with Gasteiger partial charge in [-0.15, -0.1) is 0 Å². The summed E-state index contributed by atoms with van der Waals surface area (Å²) in [6.45, 7) is 0.679. The van der Waals surface area contributed by atoms with Gasteiger partial charge in [-0.1, -0.05) is 6.07 Å². The van der Waals surface area contributed by atoms with Gasteiger partial charge in [0.15, 0.2) is 5.65 Å². The van der Waals surface area contributed by atoms with Crippen molar-refractivity contribution in [1.82, 2.24) is 15.0 Å². The van der Waals surface area contributed by atoms with E-state index in [-0.39, 0.29) is 0 Å². The summed E-state index contributed by atoms with van der Waals surface area (Å²) in [4.78, 5) is 12.3. The Bertz CT molecular complexity index is 1040. The number of benzene rings is 2. The lowest BCUT2D eigenvalue weighted by Crippen LogP contribution is -2.00. The first-order valence-electron chi connectivity index (χ1n) is 8.83. The fourth-order valence-corrected chi connectivity index (χ4v) is 3.46. The highest BCUT2D eigenvalue weighted by molar-refractivity contribution is 7.98. The fraction of sp³-hybridized carbons (Fsp3) is 0.238. The molecule has 0 unspecified atom stereocenters. The van der Waals surface area contributed by atoms with Crippen LogP contribution in [0.5, 0.6) is 11.5 Å². The number of hydrogen-bond acceptors (Lipinski definition) is 5. The number of fused-ring (bicyclic) bond motifs is 2. The summed E-state index contributed by atoms with van der Waals surface area (Å²) < 4.78 is 11.5. The second-order valence-corrected chi connectivity index (χ2v) is 7.20. The van der Waals surface area contributed by atoms with Crippen LogP contribution in [0.3, 0.4) is 0 Å². The maximum atomic E-state index is 6.13. The van der Waals surface area contributed by atoms with Crippen LogP contribution < -0.4 is 9.47 Å². The zero-order chi connectivity index (χ0) is 18.6. The van der Waals surface area contributed by atoms with Gasteiger partial charge in [0.05, 0.1) is 19.2 Å². The van der Waals surface area contributed by atoms with Crippen LogP contribution in [0.1, 0.15) is 6.42 Å². The number of pyridine rings is 1. The average Bonchev–Trinajstić information content (AvgIpc) is 3.15. The summed E-state index contributed by atoms with van der Waals surface area (Å²) in [5.74, 6) is 3.53. The standard InChI is InChI=1S/C21H21N3O2S/c1-25-16-7-6-14-11-15(20-23-18-5-3-8-22-21(18)24-20)12-19(17(14)13-16)26-9-4-10-27-2/h3,5-8,11-13H,4,9-10H2,1-2H3,(H,22,23,24). The predicted molar refractivity (Wildman–Crippen MR) is 112 cm³/mol. The van der Waals surface area contributed by atoms with Gasteiger partial charge in [0, 0.05) is 17.1 Å². The zero-order valence-electron chi connectivity index (χ0n) is 15.4. The molecule has 2 aromatic carbocycles. The molecule has 1 N–H and O–H groups in total. The van der Waals surface area contributed by atoms with Crippen LogP contribution in [0.2, 0.25) is 0 Å². The number of nitrogens with zero attached hydrogens (tertiary/aromatic N) is 2. The molecule has 0 aliphatic carbocycles. The van der Waals surface area contributed by atoms with Crippen LogP contribution in [0, 0.1) is 0 Å². The van der Waals surface area contributed by atoms with E-state index in [9.17, 15) is 0 Å². The molecule has 4 rings (SSSR count). The van der Waals surface area contributed by atoms with Crippen molar-refractivity contribution in [3.63, 3.8) is 0 Å². The maximum Gasteiger partial charge on any atom is 0.178 e. The third-order valence-corrected chi connectivity index (χ3v) is 5.10. The number of aromatic amines is 1. The molecule has 0 aliphatic heterocycles. The topological polar surface area (TPSA) is 60.0 Å². The fourth-order valence-electron chi connectivity index (χ4n) is 3.05. The average molecular weight is 379 g/mol. The number of imidazole rings is 1. The highest BCUT2D eigenvalue weighted by atomic mass is 32.2. The summed E-state index contributed by atoms with van der Waals surface area (Å²) in [6, 6.07) is 14.1. The van der Waals surface area contributed by atoms with Crippen LogP contribution in [0.25, 0.3) is 33.3 Å². The first kappa shape index (κ1) is 17.7. The van der Waals surface area contributed by atoms with E-state index < -0.39 is 0 Å². The smallest absolute Gasteiger partial charge is 0.178 e. The van der Waals surface area contributed by atoms with E-state index in [2.05, 4.69) is 27.3 Å². The van der Waals surface area contributed by atoms with E-state index in [0.29, 0.717) is 12.3 Å². The van der Waals surface area contributed by atoms with E-state index in [1.807, 2.05) is 48.2 Å². The SMILES string of the molecule is COc1ccc2cc(-c3nc4ncccc4[nH]3)cc(OCCCSC)c2c1. The first-order chi connectivity index (χ1) is 13.3. The summed E-state index contributed by atoms with van der Waals surface area (Å²) >= 11 is 1.83. The van der Waals surface area contributed by atoms with Crippen LogP contribution in [-0.2, 0) is 0 Å².